The molecule has 3 aromatic rings. The lowest BCUT2D eigenvalue weighted by atomic mass is 10.1. The van der Waals surface area contributed by atoms with Gasteiger partial charge in [-0.05, 0) is 37.6 Å². The predicted molar refractivity (Wildman–Crippen MR) is 118 cm³/mol. The van der Waals surface area contributed by atoms with Gasteiger partial charge in [0.1, 0.15) is 11.6 Å². The van der Waals surface area contributed by atoms with Gasteiger partial charge in [-0.15, -0.1) is 4.99 Å². The second kappa shape index (κ2) is 7.51. The number of hydrogen-bond donors (Lipinski definition) is 0. The van der Waals surface area contributed by atoms with E-state index in [4.69, 9.17) is 4.98 Å². The molecule has 2 aromatic carbocycles. The fraction of sp³-hybridized carbons (Fsp3) is 0.304. The van der Waals surface area contributed by atoms with Gasteiger partial charge in [0.05, 0.1) is 29.3 Å². The van der Waals surface area contributed by atoms with Crippen LogP contribution in [0.2, 0.25) is 0 Å². The molecule has 2 atom stereocenters. The molecule has 0 N–H and O–H groups in total. The van der Waals surface area contributed by atoms with Crippen LogP contribution in [0.1, 0.15) is 12.5 Å². The fourth-order valence-corrected chi connectivity index (χ4v) is 4.62. The van der Waals surface area contributed by atoms with Crippen molar-refractivity contribution in [1.82, 2.24) is 14.9 Å². The topological polar surface area (TPSA) is 71.7 Å². The minimum atomic E-state index is -0.316. The second-order valence-electron chi connectivity index (χ2n) is 7.98. The molecule has 2 unspecified atom stereocenters. The molecular formula is C23H22FN7. The number of piperazine rings is 1. The van der Waals surface area contributed by atoms with Gasteiger partial charge in [0.25, 0.3) is 0 Å². The van der Waals surface area contributed by atoms with Crippen LogP contribution in [0.3, 0.4) is 0 Å². The Balaban J connectivity index is 1.47. The third-order valence-electron chi connectivity index (χ3n) is 6.20. The molecule has 0 amide bonds. The molecule has 156 valence electrons. The number of aryl methyl sites for hydroxylation is 1. The van der Waals surface area contributed by atoms with E-state index < -0.39 is 0 Å². The number of fused-ring (bicyclic) bond motifs is 2. The summed E-state index contributed by atoms with van der Waals surface area (Å²) in [4.78, 5) is 19.9. The molecule has 2 saturated heterocycles. The standard InChI is InChI=1S/C23H22FN7/c1-15-5-3-4-6-20(15)31-16(2)21-13-29(9-10-30(21)23(31)27-14-25)22-12-26-19-11-17(24)7-8-18(19)28-22/h3-8,11-12,16,21H,9-10,13H2,1-2H3/b27-23+. The van der Waals surface area contributed by atoms with Crippen molar-refractivity contribution >= 4 is 28.5 Å². The highest BCUT2D eigenvalue weighted by molar-refractivity contribution is 6.00. The van der Waals surface area contributed by atoms with Crippen molar-refractivity contribution in [2.75, 3.05) is 29.4 Å². The molecule has 0 bridgehead atoms. The molecule has 0 saturated carbocycles. The summed E-state index contributed by atoms with van der Waals surface area (Å²) in [5, 5.41) is 9.34. The zero-order valence-corrected chi connectivity index (χ0v) is 17.4. The summed E-state index contributed by atoms with van der Waals surface area (Å²) in [5.41, 5.74) is 3.43. The minimum absolute atomic E-state index is 0.124. The Bertz CT molecular complexity index is 1220. The van der Waals surface area contributed by atoms with Crippen molar-refractivity contribution in [2.24, 2.45) is 4.99 Å². The monoisotopic (exact) mass is 415 g/mol. The normalized spacial score (nSPS) is 22.1. The Morgan fingerprint density at radius 2 is 2.00 bits per heavy atom. The number of hydrogen-bond acceptors (Lipinski definition) is 5. The van der Waals surface area contributed by atoms with E-state index in [0.29, 0.717) is 17.0 Å². The van der Waals surface area contributed by atoms with Crippen LogP contribution in [-0.2, 0) is 0 Å². The van der Waals surface area contributed by atoms with Crippen molar-refractivity contribution in [1.29, 1.82) is 5.26 Å². The Morgan fingerprint density at radius 3 is 2.81 bits per heavy atom. The van der Waals surface area contributed by atoms with Gasteiger partial charge in [-0.25, -0.2) is 9.37 Å². The maximum Gasteiger partial charge on any atom is 0.217 e. The van der Waals surface area contributed by atoms with Crippen molar-refractivity contribution in [3.8, 4) is 6.19 Å². The average Bonchev–Trinajstić information content (AvgIpc) is 3.05. The highest BCUT2D eigenvalue weighted by Crippen LogP contribution is 2.34. The zero-order chi connectivity index (χ0) is 21.5. The first-order chi connectivity index (χ1) is 15.1. The van der Waals surface area contributed by atoms with Crippen molar-refractivity contribution in [3.63, 3.8) is 0 Å². The van der Waals surface area contributed by atoms with Crippen LogP contribution in [-0.4, -0.2) is 52.5 Å². The van der Waals surface area contributed by atoms with Crippen molar-refractivity contribution in [2.45, 2.75) is 25.9 Å². The van der Waals surface area contributed by atoms with Crippen LogP contribution < -0.4 is 9.80 Å². The van der Waals surface area contributed by atoms with Gasteiger partial charge in [-0.3, -0.25) is 4.98 Å². The van der Waals surface area contributed by atoms with Gasteiger partial charge in [0.2, 0.25) is 12.2 Å². The van der Waals surface area contributed by atoms with Crippen LogP contribution in [0.5, 0.6) is 0 Å². The van der Waals surface area contributed by atoms with Crippen molar-refractivity contribution < 1.29 is 4.39 Å². The summed E-state index contributed by atoms with van der Waals surface area (Å²) in [6.45, 7) is 6.43. The van der Waals surface area contributed by atoms with E-state index in [1.807, 2.05) is 18.3 Å². The first-order valence-electron chi connectivity index (χ1n) is 10.3. The lowest BCUT2D eigenvalue weighted by Gasteiger charge is -2.38. The number of aliphatic imine (C=N–C) groups is 1. The second-order valence-corrected chi connectivity index (χ2v) is 7.98. The maximum absolute atomic E-state index is 13.5. The minimum Gasteiger partial charge on any atom is -0.351 e. The Labute approximate surface area is 180 Å². The summed E-state index contributed by atoms with van der Waals surface area (Å²) in [7, 11) is 0. The van der Waals surface area contributed by atoms with E-state index in [-0.39, 0.29) is 17.9 Å². The lowest BCUT2D eigenvalue weighted by Crippen LogP contribution is -2.54. The van der Waals surface area contributed by atoms with E-state index in [1.54, 1.807) is 12.3 Å². The first-order valence-corrected chi connectivity index (χ1v) is 10.3. The Morgan fingerprint density at radius 1 is 1.16 bits per heavy atom. The number of nitriles is 1. The third kappa shape index (κ3) is 3.22. The smallest absolute Gasteiger partial charge is 0.217 e. The van der Waals surface area contributed by atoms with Crippen LogP contribution in [0.25, 0.3) is 11.0 Å². The maximum atomic E-state index is 13.5. The highest BCUT2D eigenvalue weighted by atomic mass is 19.1. The predicted octanol–water partition coefficient (Wildman–Crippen LogP) is 3.31. The highest BCUT2D eigenvalue weighted by Gasteiger charge is 2.45. The summed E-state index contributed by atoms with van der Waals surface area (Å²) >= 11 is 0. The molecule has 0 radical (unpaired) electrons. The average molecular weight is 415 g/mol. The molecule has 31 heavy (non-hydrogen) atoms. The van der Waals surface area contributed by atoms with E-state index in [2.05, 4.69) is 50.7 Å². The zero-order valence-electron chi connectivity index (χ0n) is 17.4. The molecule has 7 nitrogen and oxygen atoms in total. The number of nitrogens with zero attached hydrogens (tertiary/aromatic N) is 7. The molecule has 0 aliphatic carbocycles. The van der Waals surface area contributed by atoms with Crippen LogP contribution >= 0.6 is 0 Å². The molecule has 8 heteroatoms. The van der Waals surface area contributed by atoms with E-state index in [9.17, 15) is 9.65 Å². The summed E-state index contributed by atoms with van der Waals surface area (Å²) in [6, 6.07) is 12.9. The molecule has 2 aliphatic rings. The molecular weight excluding hydrogens is 393 g/mol. The molecule has 2 aliphatic heterocycles. The summed E-state index contributed by atoms with van der Waals surface area (Å²) < 4.78 is 13.5. The SMILES string of the molecule is Cc1ccccc1N1/C(=N/C#N)N2CCN(c3cnc4cc(F)ccc4n3)CC2C1C. The Hall–Kier alpha value is -3.73. The third-order valence-corrected chi connectivity index (χ3v) is 6.20. The number of aromatic nitrogens is 2. The van der Waals surface area contributed by atoms with Crippen LogP contribution in [0.15, 0.2) is 53.7 Å². The fourth-order valence-electron chi connectivity index (χ4n) is 4.62. The largest absolute Gasteiger partial charge is 0.351 e. The number of anilines is 2. The quantitative estimate of drug-likeness (QED) is 0.598. The number of para-hydroxylation sites is 1. The van der Waals surface area contributed by atoms with Gasteiger partial charge in [-0.2, -0.15) is 5.26 Å². The lowest BCUT2D eigenvalue weighted by molar-refractivity contribution is 0.288. The molecule has 5 rings (SSSR count). The van der Waals surface area contributed by atoms with E-state index >= 15 is 0 Å². The molecule has 1 aromatic heterocycles. The van der Waals surface area contributed by atoms with Gasteiger partial charge in [0, 0.05) is 31.4 Å². The molecule has 2 fully saturated rings. The first kappa shape index (κ1) is 19.2. The van der Waals surface area contributed by atoms with Gasteiger partial charge in [-0.1, -0.05) is 18.2 Å². The number of guanidine groups is 1. The Kier molecular flexibility index (Phi) is 4.66. The summed E-state index contributed by atoms with van der Waals surface area (Å²) in [6.07, 6.45) is 3.70. The van der Waals surface area contributed by atoms with Gasteiger partial charge < -0.3 is 14.7 Å². The number of rotatable bonds is 2. The van der Waals surface area contributed by atoms with E-state index in [0.717, 1.165) is 36.7 Å². The number of benzene rings is 2. The van der Waals surface area contributed by atoms with Crippen LogP contribution in [0, 0.1) is 24.2 Å². The van der Waals surface area contributed by atoms with Gasteiger partial charge in [0.15, 0.2) is 0 Å². The summed E-state index contributed by atoms with van der Waals surface area (Å²) in [5.74, 6) is 1.16. The molecule has 0 spiro atoms. The number of halogens is 1. The van der Waals surface area contributed by atoms with Crippen molar-refractivity contribution in [3.05, 3.63) is 60.0 Å². The van der Waals surface area contributed by atoms with Gasteiger partial charge >= 0.3 is 0 Å². The molecule has 3 heterocycles. The van der Waals surface area contributed by atoms with Crippen LogP contribution in [0.4, 0.5) is 15.9 Å². The van der Waals surface area contributed by atoms with E-state index in [1.165, 1.54) is 12.1 Å².